The van der Waals surface area contributed by atoms with E-state index in [-0.39, 0.29) is 6.42 Å². The molecule has 21 heavy (non-hydrogen) atoms. The summed E-state index contributed by atoms with van der Waals surface area (Å²) in [7, 11) is 0. The van der Waals surface area contributed by atoms with Crippen LogP contribution in [0.3, 0.4) is 0 Å². The lowest BCUT2D eigenvalue weighted by atomic mass is 10.1. The van der Waals surface area contributed by atoms with Gasteiger partial charge in [-0.05, 0) is 32.1 Å². The molecule has 122 valence electrons. The van der Waals surface area contributed by atoms with Crippen LogP contribution in [0.5, 0.6) is 0 Å². The van der Waals surface area contributed by atoms with Crippen LogP contribution in [0, 0.1) is 0 Å². The quantitative estimate of drug-likeness (QED) is 0.212. The van der Waals surface area contributed by atoms with E-state index in [1.54, 1.807) is 0 Å². The van der Waals surface area contributed by atoms with Crippen LogP contribution < -0.4 is 0 Å². The molecule has 0 radical (unpaired) electrons. The molecule has 0 rings (SSSR count). The molecule has 0 aliphatic rings. The Morgan fingerprint density at radius 1 is 0.857 bits per heavy atom. The molecule has 0 aromatic carbocycles. The van der Waals surface area contributed by atoms with Crippen LogP contribution in [0.4, 0.5) is 4.79 Å². The Morgan fingerprint density at radius 3 is 1.95 bits per heavy atom. The highest BCUT2D eigenvalue weighted by Crippen LogP contribution is 2.09. The second-order valence-electron chi connectivity index (χ2n) is 5.37. The topological polar surface area (TPSA) is 63.6 Å². The van der Waals surface area contributed by atoms with Crippen LogP contribution in [-0.2, 0) is 9.53 Å². The Morgan fingerprint density at radius 2 is 1.38 bits per heavy atom. The normalized spacial score (nSPS) is 10.9. The molecule has 0 saturated heterocycles. The van der Waals surface area contributed by atoms with Gasteiger partial charge < -0.3 is 9.84 Å². The predicted molar refractivity (Wildman–Crippen MR) is 84.3 cm³/mol. The van der Waals surface area contributed by atoms with Gasteiger partial charge in [0.2, 0.25) is 0 Å². The molecule has 4 heteroatoms. The minimum atomic E-state index is -1.51. The molecule has 0 aromatic heterocycles. The number of ether oxygens (including phenoxy) is 1. The molecule has 0 spiro atoms. The van der Waals surface area contributed by atoms with E-state index in [2.05, 4.69) is 23.8 Å². The van der Waals surface area contributed by atoms with Crippen molar-refractivity contribution < 1.29 is 19.4 Å². The van der Waals surface area contributed by atoms with E-state index in [1.165, 1.54) is 38.5 Å². The second kappa shape index (κ2) is 15.1. The SMILES string of the molecule is CCCCCCC=CCCCCCCCC(=O)OC(=O)O. The smallest absolute Gasteiger partial charge is 0.449 e. The van der Waals surface area contributed by atoms with Gasteiger partial charge in [0.15, 0.2) is 0 Å². The number of hydrogen-bond acceptors (Lipinski definition) is 3. The zero-order chi connectivity index (χ0) is 15.8. The summed E-state index contributed by atoms with van der Waals surface area (Å²) in [4.78, 5) is 21.0. The average Bonchev–Trinajstić information content (AvgIpc) is 2.43. The van der Waals surface area contributed by atoms with Crippen LogP contribution in [-0.4, -0.2) is 17.2 Å². The maximum absolute atomic E-state index is 10.9. The molecule has 0 aliphatic carbocycles. The van der Waals surface area contributed by atoms with Gasteiger partial charge in [-0.25, -0.2) is 4.79 Å². The summed E-state index contributed by atoms with van der Waals surface area (Å²) < 4.78 is 4.03. The van der Waals surface area contributed by atoms with Gasteiger partial charge >= 0.3 is 12.1 Å². The van der Waals surface area contributed by atoms with Gasteiger partial charge in [-0.15, -0.1) is 0 Å². The van der Waals surface area contributed by atoms with Crippen LogP contribution in [0.25, 0.3) is 0 Å². The van der Waals surface area contributed by atoms with Gasteiger partial charge in [0.1, 0.15) is 0 Å². The van der Waals surface area contributed by atoms with Crippen molar-refractivity contribution in [1.29, 1.82) is 0 Å². The molecule has 0 bridgehead atoms. The molecule has 0 unspecified atom stereocenters. The molecule has 0 saturated carbocycles. The van der Waals surface area contributed by atoms with Crippen molar-refractivity contribution >= 4 is 12.1 Å². The number of carbonyl (C=O) groups is 2. The van der Waals surface area contributed by atoms with E-state index < -0.39 is 12.1 Å². The van der Waals surface area contributed by atoms with E-state index >= 15 is 0 Å². The summed E-state index contributed by atoms with van der Waals surface area (Å²) in [6.45, 7) is 2.23. The highest BCUT2D eigenvalue weighted by atomic mass is 16.7. The summed E-state index contributed by atoms with van der Waals surface area (Å²) in [6, 6.07) is 0. The highest BCUT2D eigenvalue weighted by molar-refractivity contribution is 5.80. The lowest BCUT2D eigenvalue weighted by molar-refractivity contribution is -0.139. The molecule has 0 atom stereocenters. The number of carboxylic acid groups (broad SMARTS) is 1. The largest absolute Gasteiger partial charge is 0.513 e. The van der Waals surface area contributed by atoms with Gasteiger partial charge in [0.25, 0.3) is 0 Å². The Labute approximate surface area is 128 Å². The Balaban J connectivity index is 3.20. The predicted octanol–water partition coefficient (Wildman–Crippen LogP) is 5.46. The first-order chi connectivity index (χ1) is 10.2. The van der Waals surface area contributed by atoms with Gasteiger partial charge in [-0.3, -0.25) is 4.79 Å². The van der Waals surface area contributed by atoms with Crippen molar-refractivity contribution in [3.63, 3.8) is 0 Å². The zero-order valence-corrected chi connectivity index (χ0v) is 13.3. The number of unbranched alkanes of at least 4 members (excludes halogenated alkanes) is 9. The molecule has 0 heterocycles. The van der Waals surface area contributed by atoms with E-state index in [9.17, 15) is 9.59 Å². The van der Waals surface area contributed by atoms with Crippen molar-refractivity contribution in [3.05, 3.63) is 12.2 Å². The molecule has 0 aromatic rings. The Hall–Kier alpha value is -1.32. The standard InChI is InChI=1S/C17H30O4/c1-2-3-4-5-6-7-8-9-10-11-12-13-14-15-16(18)21-17(19)20/h7-8H,2-6,9-15H2,1H3,(H,19,20). The van der Waals surface area contributed by atoms with Gasteiger partial charge in [-0.2, -0.15) is 0 Å². The summed E-state index contributed by atoms with van der Waals surface area (Å²) >= 11 is 0. The molecule has 0 amide bonds. The number of esters is 1. The number of allylic oxidation sites excluding steroid dienone is 2. The number of rotatable bonds is 13. The zero-order valence-electron chi connectivity index (χ0n) is 13.3. The van der Waals surface area contributed by atoms with E-state index in [1.807, 2.05) is 0 Å². The van der Waals surface area contributed by atoms with E-state index in [4.69, 9.17) is 5.11 Å². The lowest BCUT2D eigenvalue weighted by Crippen LogP contribution is -2.09. The minimum Gasteiger partial charge on any atom is -0.449 e. The third-order valence-corrected chi connectivity index (χ3v) is 3.34. The monoisotopic (exact) mass is 298 g/mol. The fourth-order valence-electron chi connectivity index (χ4n) is 2.13. The van der Waals surface area contributed by atoms with Crippen LogP contribution in [0.1, 0.15) is 84.0 Å². The van der Waals surface area contributed by atoms with Gasteiger partial charge in [0.05, 0.1) is 0 Å². The highest BCUT2D eigenvalue weighted by Gasteiger charge is 2.06. The second-order valence-corrected chi connectivity index (χ2v) is 5.37. The molecule has 0 fully saturated rings. The summed E-state index contributed by atoms with van der Waals surface area (Å²) in [5, 5.41) is 8.24. The number of hydrogen-bond donors (Lipinski definition) is 1. The summed E-state index contributed by atoms with van der Waals surface area (Å²) in [5.41, 5.74) is 0. The molecular formula is C17H30O4. The first-order valence-corrected chi connectivity index (χ1v) is 8.25. The fraction of sp³-hybridized carbons (Fsp3) is 0.765. The average molecular weight is 298 g/mol. The van der Waals surface area contributed by atoms with Crippen LogP contribution in [0.15, 0.2) is 12.2 Å². The third-order valence-electron chi connectivity index (χ3n) is 3.34. The maximum Gasteiger partial charge on any atom is 0.513 e. The summed E-state index contributed by atoms with van der Waals surface area (Å²) in [5.74, 6) is -0.645. The lowest BCUT2D eigenvalue weighted by Gasteiger charge is -2.00. The first-order valence-electron chi connectivity index (χ1n) is 8.25. The van der Waals surface area contributed by atoms with E-state index in [0.717, 1.165) is 25.7 Å². The van der Waals surface area contributed by atoms with Crippen LogP contribution >= 0.6 is 0 Å². The minimum absolute atomic E-state index is 0.198. The summed E-state index contributed by atoms with van der Waals surface area (Å²) in [6.07, 6.45) is 16.0. The molecule has 1 N–H and O–H groups in total. The molecule has 4 nitrogen and oxygen atoms in total. The van der Waals surface area contributed by atoms with Gasteiger partial charge in [0, 0.05) is 6.42 Å². The van der Waals surface area contributed by atoms with Crippen molar-refractivity contribution in [3.8, 4) is 0 Å². The fourth-order valence-corrected chi connectivity index (χ4v) is 2.13. The van der Waals surface area contributed by atoms with Gasteiger partial charge in [-0.1, -0.05) is 57.6 Å². The Kier molecular flexibility index (Phi) is 14.1. The van der Waals surface area contributed by atoms with Crippen LogP contribution in [0.2, 0.25) is 0 Å². The van der Waals surface area contributed by atoms with Crippen molar-refractivity contribution in [2.75, 3.05) is 0 Å². The molecular weight excluding hydrogens is 268 g/mol. The number of carbonyl (C=O) groups excluding carboxylic acids is 1. The maximum atomic E-state index is 10.9. The van der Waals surface area contributed by atoms with Crippen molar-refractivity contribution in [1.82, 2.24) is 0 Å². The Bertz CT molecular complexity index is 297. The third kappa shape index (κ3) is 16.6. The van der Waals surface area contributed by atoms with E-state index in [0.29, 0.717) is 6.42 Å². The van der Waals surface area contributed by atoms with Crippen molar-refractivity contribution in [2.24, 2.45) is 0 Å². The first kappa shape index (κ1) is 19.7. The molecule has 0 aliphatic heterocycles. The van der Waals surface area contributed by atoms with Crippen molar-refractivity contribution in [2.45, 2.75) is 84.0 Å².